The van der Waals surface area contributed by atoms with Crippen LogP contribution in [0.3, 0.4) is 0 Å². The van der Waals surface area contributed by atoms with E-state index in [1.54, 1.807) is 0 Å². The topological polar surface area (TPSA) is 0 Å². The highest BCUT2D eigenvalue weighted by atomic mass is 14.4. The van der Waals surface area contributed by atoms with Gasteiger partial charge in [0.05, 0.1) is 49.3 Å². The standard InChI is InChI=1S/C51H32/c1-3-17-40(18-4-1)51(41-19-5-2-6-20-41)46-30-27-38(32-45(46)43-21-9-13-33-14-10-22-47(51)49(33)43)37-15-8-16-39(31-37)42-28-25-36-24-23-34-11-7-12-35-26-29-44(42)50(36)48(34)35/h1-32H/i1D,2D,3D,4D,5D,6D,7D,8D,9D,10D,11D,12D,13D,14D,15D,16D,17D,18D,19D,20D,21D,22D,23D,24D,25D,26D,27D,28D,29D,30D,31D,32D. The molecule has 0 nitrogen and oxygen atoms in total. The lowest BCUT2D eigenvalue weighted by Gasteiger charge is -2.42. The average Bonchev–Trinajstić information content (AvgIpc) is 0.703. The molecule has 0 spiro atoms. The fraction of sp³-hybridized carbons (Fsp3) is 0.0196. The Kier molecular flexibility index (Phi) is 2.37. The Labute approximate surface area is 342 Å². The number of hydrogen-bond donors (Lipinski definition) is 0. The second kappa shape index (κ2) is 10.7. The minimum atomic E-state index is -3.42. The van der Waals surface area contributed by atoms with Crippen LogP contribution in [0.4, 0.5) is 0 Å². The molecule has 0 N–H and O–H groups in total. The molecule has 0 heteroatoms. The monoisotopic (exact) mass is 676 g/mol. The highest BCUT2D eigenvalue weighted by molar-refractivity contribution is 6.25. The zero-order valence-electron chi connectivity index (χ0n) is 57.5. The molecule has 0 amide bonds. The fourth-order valence-electron chi connectivity index (χ4n) is 6.91. The molecule has 0 radical (unpaired) electrons. The molecular weight excluding hydrogens is 613 g/mol. The second-order valence-electron chi connectivity index (χ2n) is 11.5. The molecule has 0 saturated carbocycles. The summed E-state index contributed by atoms with van der Waals surface area (Å²) in [6.45, 7) is 0. The molecule has 0 aromatic heterocycles. The van der Waals surface area contributed by atoms with Crippen LogP contribution in [0, 0.1) is 0 Å². The van der Waals surface area contributed by atoms with Crippen LogP contribution in [-0.4, -0.2) is 0 Å². The van der Waals surface area contributed by atoms with E-state index < -0.39 is 292 Å². The summed E-state index contributed by atoms with van der Waals surface area (Å²) >= 11 is 0. The van der Waals surface area contributed by atoms with Crippen LogP contribution < -0.4 is 0 Å². The van der Waals surface area contributed by atoms with Crippen LogP contribution in [0.5, 0.6) is 0 Å². The third kappa shape index (κ3) is 3.96. The third-order valence-electron chi connectivity index (χ3n) is 9.00. The van der Waals surface area contributed by atoms with E-state index >= 15 is 0 Å². The Bertz CT molecular complexity index is 4650. The van der Waals surface area contributed by atoms with Crippen LogP contribution in [0.2, 0.25) is 0 Å². The first-order valence-electron chi connectivity index (χ1n) is 31.2. The predicted octanol–water partition coefficient (Wildman–Crippen LogP) is 13.4. The first kappa shape index (κ1) is 11.3. The number of benzene rings is 10. The quantitative estimate of drug-likeness (QED) is 0.163. The van der Waals surface area contributed by atoms with Crippen LogP contribution in [0.25, 0.3) is 76.5 Å². The lowest BCUT2D eigenvalue weighted by molar-refractivity contribution is 0.750. The van der Waals surface area contributed by atoms with Crippen molar-refractivity contribution in [2.75, 3.05) is 0 Å². The summed E-state index contributed by atoms with van der Waals surface area (Å²) < 4.78 is 296. The van der Waals surface area contributed by atoms with Gasteiger partial charge in [-0.2, -0.15) is 0 Å². The van der Waals surface area contributed by atoms with Crippen molar-refractivity contribution in [3.05, 3.63) is 216 Å². The molecule has 0 unspecified atom stereocenters. The largest absolute Gasteiger partial charge is 0.0713 e. The highest BCUT2D eigenvalue weighted by Gasteiger charge is 2.44. The fourth-order valence-corrected chi connectivity index (χ4v) is 6.91. The van der Waals surface area contributed by atoms with E-state index in [2.05, 4.69) is 0 Å². The van der Waals surface area contributed by atoms with Gasteiger partial charge in [0.2, 0.25) is 0 Å². The van der Waals surface area contributed by atoms with Gasteiger partial charge in [-0.15, -0.1) is 0 Å². The Hall–Kier alpha value is -6.50. The van der Waals surface area contributed by atoms with E-state index in [0.29, 0.717) is 0 Å². The van der Waals surface area contributed by atoms with Gasteiger partial charge in [-0.1, -0.05) is 181 Å². The lowest BCUT2D eigenvalue weighted by Crippen LogP contribution is -2.33. The Balaban J connectivity index is 1.43. The molecule has 0 aliphatic heterocycles. The Morgan fingerprint density at radius 2 is 0.882 bits per heavy atom. The minimum absolute atomic E-state index is 0.342. The van der Waals surface area contributed by atoms with Crippen molar-refractivity contribution in [2.45, 2.75) is 5.41 Å². The lowest BCUT2D eigenvalue weighted by atomic mass is 9.59. The second-order valence-corrected chi connectivity index (χ2v) is 11.5. The summed E-state index contributed by atoms with van der Waals surface area (Å²) in [7, 11) is 0. The van der Waals surface area contributed by atoms with Gasteiger partial charge in [0.25, 0.3) is 0 Å². The van der Waals surface area contributed by atoms with E-state index in [-0.39, 0.29) is 5.39 Å². The van der Waals surface area contributed by atoms with Crippen molar-refractivity contribution in [1.29, 1.82) is 0 Å². The molecule has 0 saturated heterocycles. The molecule has 10 aromatic rings. The molecule has 1 aliphatic rings. The van der Waals surface area contributed by atoms with E-state index in [0.717, 1.165) is 0 Å². The van der Waals surface area contributed by atoms with Gasteiger partial charge in [0.1, 0.15) is 0 Å². The van der Waals surface area contributed by atoms with E-state index in [4.69, 9.17) is 19.2 Å². The zero-order chi connectivity index (χ0) is 61.4. The Morgan fingerprint density at radius 3 is 1.63 bits per heavy atom. The van der Waals surface area contributed by atoms with Gasteiger partial charge in [-0.05, 0) is 111 Å². The number of fused-ring (bicyclic) bond motifs is 2. The molecule has 0 fully saturated rings. The summed E-state index contributed by atoms with van der Waals surface area (Å²) in [5, 5.41) is -4.36. The Morgan fingerprint density at radius 1 is 0.314 bits per heavy atom. The van der Waals surface area contributed by atoms with Crippen LogP contribution in [0.15, 0.2) is 193 Å². The molecule has 0 bridgehead atoms. The minimum Gasteiger partial charge on any atom is -0.0622 e. The molecule has 236 valence electrons. The summed E-state index contributed by atoms with van der Waals surface area (Å²) in [6.07, 6.45) is 0. The van der Waals surface area contributed by atoms with Gasteiger partial charge in [-0.3, -0.25) is 0 Å². The van der Waals surface area contributed by atoms with Gasteiger partial charge in [0.15, 0.2) is 0 Å². The maximum atomic E-state index is 10.3. The SMILES string of the molecule is [2H]c1c([2H])c([2H])c(C2(c3c([2H])c([2H])c([2H])c([2H])c3[2H])c3c([2H])c([2H])c(-c4c([2H])c([2H])c([2H])c(-c5c([2H])c([2H])c6c([2H])c([2H])c7c([2H])c([2H])c([2H])c8c([2H])c([2H])c5c6c78)c4[2H])c([2H])c3-c3c([2H])c([2H])c([2H])c4c([2H])c([2H])c([2H])c2c34)c([2H])c1[2H]. The van der Waals surface area contributed by atoms with Gasteiger partial charge in [0, 0.05) is 0 Å². The smallest absolute Gasteiger partial charge is 0.0622 e. The van der Waals surface area contributed by atoms with Crippen molar-refractivity contribution in [3.63, 3.8) is 0 Å². The van der Waals surface area contributed by atoms with Gasteiger partial charge < -0.3 is 0 Å². The summed E-state index contributed by atoms with van der Waals surface area (Å²) in [5.74, 6) is 0. The van der Waals surface area contributed by atoms with Crippen molar-refractivity contribution in [1.82, 2.24) is 0 Å². The van der Waals surface area contributed by atoms with E-state index in [9.17, 15) is 24.7 Å². The zero-order valence-corrected chi connectivity index (χ0v) is 25.5. The van der Waals surface area contributed by atoms with Crippen LogP contribution >= 0.6 is 0 Å². The summed E-state index contributed by atoms with van der Waals surface area (Å²) in [6, 6.07) is -34.1. The first-order valence-corrected chi connectivity index (χ1v) is 15.2. The van der Waals surface area contributed by atoms with E-state index in [1.807, 2.05) is 0 Å². The first-order chi connectivity index (χ1) is 38.6. The van der Waals surface area contributed by atoms with Crippen LogP contribution in [-0.2, 0) is 5.41 Å². The predicted molar refractivity (Wildman–Crippen MR) is 216 cm³/mol. The molecular formula is C51H32. The average molecular weight is 677 g/mol. The van der Waals surface area contributed by atoms with Crippen molar-refractivity contribution in [3.8, 4) is 33.4 Å². The molecule has 1 aliphatic carbocycles. The number of rotatable bonds is 4. The summed E-state index contributed by atoms with van der Waals surface area (Å²) in [4.78, 5) is 0. The molecule has 10 aromatic carbocycles. The molecule has 0 heterocycles. The van der Waals surface area contributed by atoms with Gasteiger partial charge in [-0.25, -0.2) is 0 Å². The third-order valence-corrected chi connectivity index (χ3v) is 9.00. The molecule has 51 heavy (non-hydrogen) atoms. The summed E-state index contributed by atoms with van der Waals surface area (Å²) in [5.41, 5.74) is -13.3. The number of hydrogen-bond acceptors (Lipinski definition) is 0. The highest BCUT2D eigenvalue weighted by Crippen LogP contribution is 2.55. The van der Waals surface area contributed by atoms with Crippen molar-refractivity contribution in [2.24, 2.45) is 0 Å². The normalized spacial score (nSPS) is 22.0. The maximum Gasteiger partial charge on any atom is 0.0713 e. The van der Waals surface area contributed by atoms with E-state index in [1.165, 1.54) is 0 Å². The van der Waals surface area contributed by atoms with Crippen molar-refractivity contribution < 1.29 is 43.9 Å². The van der Waals surface area contributed by atoms with Crippen molar-refractivity contribution >= 4 is 43.1 Å². The van der Waals surface area contributed by atoms with Gasteiger partial charge >= 0.3 is 0 Å². The maximum absolute atomic E-state index is 10.3. The molecule has 0 atom stereocenters. The molecule has 11 rings (SSSR count). The van der Waals surface area contributed by atoms with Crippen LogP contribution in [0.1, 0.15) is 66.1 Å².